The maximum Gasteiger partial charge on any atom is 0.224 e. The minimum Gasteiger partial charge on any atom is -0.381 e. The molecule has 3 aromatic rings. The van der Waals surface area contributed by atoms with Crippen molar-refractivity contribution in [1.82, 2.24) is 10.3 Å². The van der Waals surface area contributed by atoms with Crippen molar-refractivity contribution in [3.05, 3.63) is 84.2 Å². The highest BCUT2D eigenvalue weighted by molar-refractivity contribution is 5.79. The van der Waals surface area contributed by atoms with Gasteiger partial charge in [0.1, 0.15) is 0 Å². The predicted octanol–water partition coefficient (Wildman–Crippen LogP) is 4.74. The van der Waals surface area contributed by atoms with Gasteiger partial charge in [-0.3, -0.25) is 9.78 Å². The second-order valence-corrected chi connectivity index (χ2v) is 7.42. The van der Waals surface area contributed by atoms with Gasteiger partial charge in [-0.1, -0.05) is 54.6 Å². The molecule has 142 valence electrons. The molecule has 0 spiro atoms. The molecule has 1 saturated carbocycles. The Morgan fingerprint density at radius 3 is 2.36 bits per heavy atom. The van der Waals surface area contributed by atoms with Crippen LogP contribution in [0.25, 0.3) is 11.1 Å². The first-order valence-electron chi connectivity index (χ1n) is 9.83. The first-order chi connectivity index (χ1) is 13.7. The van der Waals surface area contributed by atoms with Crippen LogP contribution in [0.4, 0.5) is 5.69 Å². The quantitative estimate of drug-likeness (QED) is 0.630. The van der Waals surface area contributed by atoms with Crippen molar-refractivity contribution in [3.63, 3.8) is 0 Å². The molecule has 4 nitrogen and oxygen atoms in total. The summed E-state index contributed by atoms with van der Waals surface area (Å²) in [6, 6.07) is 22.9. The summed E-state index contributed by atoms with van der Waals surface area (Å²) in [7, 11) is 0. The van der Waals surface area contributed by atoms with Crippen LogP contribution < -0.4 is 10.6 Å². The van der Waals surface area contributed by atoms with Crippen LogP contribution in [-0.4, -0.2) is 16.9 Å². The number of nitrogens with one attached hydrogen (secondary N) is 2. The lowest BCUT2D eigenvalue weighted by atomic mass is 10.0. The third kappa shape index (κ3) is 4.77. The van der Waals surface area contributed by atoms with Crippen molar-refractivity contribution < 1.29 is 4.79 Å². The predicted molar refractivity (Wildman–Crippen MR) is 113 cm³/mol. The molecule has 0 radical (unpaired) electrons. The number of rotatable bonds is 7. The maximum atomic E-state index is 12.4. The first kappa shape index (κ1) is 18.2. The molecule has 1 aliphatic carbocycles. The van der Waals surface area contributed by atoms with Crippen LogP contribution in [0.2, 0.25) is 0 Å². The van der Waals surface area contributed by atoms with Gasteiger partial charge in [0, 0.05) is 6.04 Å². The Kier molecular flexibility index (Phi) is 5.38. The van der Waals surface area contributed by atoms with Crippen molar-refractivity contribution in [3.8, 4) is 11.1 Å². The van der Waals surface area contributed by atoms with Gasteiger partial charge < -0.3 is 10.6 Å². The summed E-state index contributed by atoms with van der Waals surface area (Å²) >= 11 is 0. The summed E-state index contributed by atoms with van der Waals surface area (Å²) in [4.78, 5) is 16.9. The van der Waals surface area contributed by atoms with E-state index in [2.05, 4.69) is 39.9 Å². The fraction of sp³-hybridized carbons (Fsp3) is 0.250. The van der Waals surface area contributed by atoms with Crippen LogP contribution in [0.15, 0.2) is 72.9 Å². The molecule has 1 fully saturated rings. The molecule has 28 heavy (non-hydrogen) atoms. The van der Waals surface area contributed by atoms with E-state index in [1.165, 1.54) is 18.4 Å². The monoisotopic (exact) mass is 371 g/mol. The summed E-state index contributed by atoms with van der Waals surface area (Å²) in [5.41, 5.74) is 5.25. The number of nitrogens with zero attached hydrogens (tertiary/aromatic N) is 1. The van der Waals surface area contributed by atoms with Crippen LogP contribution in [0, 0.1) is 0 Å². The summed E-state index contributed by atoms with van der Waals surface area (Å²) in [5.74, 6) is 0.00180. The highest BCUT2D eigenvalue weighted by atomic mass is 16.1. The largest absolute Gasteiger partial charge is 0.381 e. The second-order valence-electron chi connectivity index (χ2n) is 7.42. The SMILES string of the molecule is C[C@@H](NC(=O)Cc1ccc(-c2ccccc2)cc1)c1ccc(NC2CC2)cn1. The van der Waals surface area contributed by atoms with E-state index in [9.17, 15) is 4.79 Å². The molecule has 0 saturated heterocycles. The third-order valence-electron chi connectivity index (χ3n) is 4.98. The molecule has 2 aromatic carbocycles. The Hall–Kier alpha value is -3.14. The van der Waals surface area contributed by atoms with Crippen molar-refractivity contribution >= 4 is 11.6 Å². The Morgan fingerprint density at radius 1 is 1.00 bits per heavy atom. The number of amides is 1. The number of aromatic nitrogens is 1. The number of benzene rings is 2. The topological polar surface area (TPSA) is 54.0 Å². The molecule has 4 heteroatoms. The number of carbonyl (C=O) groups excluding carboxylic acids is 1. The molecule has 0 unspecified atom stereocenters. The average Bonchev–Trinajstić information content (AvgIpc) is 3.54. The van der Waals surface area contributed by atoms with Crippen molar-refractivity contribution in [2.24, 2.45) is 0 Å². The van der Waals surface area contributed by atoms with Gasteiger partial charge in [0.2, 0.25) is 5.91 Å². The van der Waals surface area contributed by atoms with E-state index in [4.69, 9.17) is 0 Å². The lowest BCUT2D eigenvalue weighted by Crippen LogP contribution is -2.28. The average molecular weight is 371 g/mol. The van der Waals surface area contributed by atoms with Gasteiger partial charge >= 0.3 is 0 Å². The fourth-order valence-electron chi connectivity index (χ4n) is 3.21. The van der Waals surface area contributed by atoms with Crippen LogP contribution in [0.3, 0.4) is 0 Å². The lowest BCUT2D eigenvalue weighted by Gasteiger charge is -2.14. The Bertz CT molecular complexity index is 916. The smallest absolute Gasteiger partial charge is 0.224 e. The van der Waals surface area contributed by atoms with Gasteiger partial charge in [-0.2, -0.15) is 0 Å². The van der Waals surface area contributed by atoms with Gasteiger partial charge in [-0.25, -0.2) is 0 Å². The number of carbonyl (C=O) groups is 1. The second kappa shape index (κ2) is 8.26. The first-order valence-corrected chi connectivity index (χ1v) is 9.83. The van der Waals surface area contributed by atoms with E-state index in [0.29, 0.717) is 12.5 Å². The van der Waals surface area contributed by atoms with E-state index >= 15 is 0 Å². The molecule has 1 atom stereocenters. The van der Waals surface area contributed by atoms with Gasteiger partial charge in [0.15, 0.2) is 0 Å². The van der Waals surface area contributed by atoms with Crippen molar-refractivity contribution in [2.45, 2.75) is 38.3 Å². The summed E-state index contributed by atoms with van der Waals surface area (Å²) in [6.07, 6.45) is 4.68. The summed E-state index contributed by atoms with van der Waals surface area (Å²) < 4.78 is 0. The summed E-state index contributed by atoms with van der Waals surface area (Å²) in [6.45, 7) is 1.97. The minimum absolute atomic E-state index is 0.00180. The Morgan fingerprint density at radius 2 is 1.71 bits per heavy atom. The third-order valence-corrected chi connectivity index (χ3v) is 4.98. The zero-order valence-electron chi connectivity index (χ0n) is 16.1. The molecule has 1 amide bonds. The molecule has 0 aliphatic heterocycles. The van der Waals surface area contributed by atoms with Crippen molar-refractivity contribution in [2.75, 3.05) is 5.32 Å². The van der Waals surface area contributed by atoms with Crippen molar-refractivity contribution in [1.29, 1.82) is 0 Å². The number of pyridine rings is 1. The molecular weight excluding hydrogens is 346 g/mol. The highest BCUT2D eigenvalue weighted by Gasteiger charge is 2.21. The highest BCUT2D eigenvalue weighted by Crippen LogP contribution is 2.24. The normalized spacial score (nSPS) is 14.3. The molecular formula is C24H25N3O. The Balaban J connectivity index is 1.32. The fourth-order valence-corrected chi connectivity index (χ4v) is 3.21. The van der Waals surface area contributed by atoms with Gasteiger partial charge in [-0.05, 0) is 48.6 Å². The lowest BCUT2D eigenvalue weighted by molar-refractivity contribution is -0.121. The molecule has 1 heterocycles. The van der Waals surface area contributed by atoms with E-state index in [-0.39, 0.29) is 11.9 Å². The Labute approximate surface area is 166 Å². The standard InChI is InChI=1S/C24H25N3O/c1-17(23-14-13-22(16-25-23)27-21-11-12-21)26-24(28)15-18-7-9-20(10-8-18)19-5-3-2-4-6-19/h2-10,13-14,16-17,21,27H,11-12,15H2,1H3,(H,26,28)/t17-/m1/s1. The minimum atomic E-state index is -0.119. The van der Waals surface area contributed by atoms with Crippen LogP contribution >= 0.6 is 0 Å². The molecule has 4 rings (SSSR count). The maximum absolute atomic E-state index is 12.4. The van der Waals surface area contributed by atoms with E-state index in [1.807, 2.05) is 55.6 Å². The van der Waals surface area contributed by atoms with Crippen LogP contribution in [-0.2, 0) is 11.2 Å². The van der Waals surface area contributed by atoms with Gasteiger partial charge in [-0.15, -0.1) is 0 Å². The van der Waals surface area contributed by atoms with Gasteiger partial charge in [0.25, 0.3) is 0 Å². The zero-order valence-corrected chi connectivity index (χ0v) is 16.1. The van der Waals surface area contributed by atoms with Crippen LogP contribution in [0.5, 0.6) is 0 Å². The molecule has 2 N–H and O–H groups in total. The van der Waals surface area contributed by atoms with E-state index < -0.39 is 0 Å². The van der Waals surface area contributed by atoms with E-state index in [1.54, 1.807) is 0 Å². The van der Waals surface area contributed by atoms with Gasteiger partial charge in [0.05, 0.1) is 30.0 Å². The zero-order chi connectivity index (χ0) is 19.3. The molecule has 0 bridgehead atoms. The number of anilines is 1. The number of hydrogen-bond donors (Lipinski definition) is 2. The molecule has 1 aromatic heterocycles. The van der Waals surface area contributed by atoms with E-state index in [0.717, 1.165) is 22.5 Å². The van der Waals surface area contributed by atoms with Crippen LogP contribution in [0.1, 0.15) is 37.1 Å². The molecule has 1 aliphatic rings. The number of hydrogen-bond acceptors (Lipinski definition) is 3. The summed E-state index contributed by atoms with van der Waals surface area (Å²) in [5, 5.41) is 6.46.